The van der Waals surface area contributed by atoms with Gasteiger partial charge < -0.3 is 10.2 Å². The molecule has 1 aromatic rings. The first-order valence-electron chi connectivity index (χ1n) is 7.22. The van der Waals surface area contributed by atoms with Crippen LogP contribution >= 0.6 is 0 Å². The molecule has 1 heterocycles. The van der Waals surface area contributed by atoms with Gasteiger partial charge in [-0.3, -0.25) is 0 Å². The van der Waals surface area contributed by atoms with Crippen molar-refractivity contribution in [3.05, 3.63) is 29.3 Å². The summed E-state index contributed by atoms with van der Waals surface area (Å²) in [5, 5.41) is 3.23. The molecule has 2 heteroatoms. The predicted octanol–water partition coefficient (Wildman–Crippen LogP) is 2.86. The van der Waals surface area contributed by atoms with Crippen molar-refractivity contribution in [2.24, 2.45) is 5.92 Å². The topological polar surface area (TPSA) is 15.3 Å². The number of benzene rings is 1. The van der Waals surface area contributed by atoms with Crippen molar-refractivity contribution in [3.8, 4) is 0 Å². The highest BCUT2D eigenvalue weighted by Gasteiger charge is 2.21. The van der Waals surface area contributed by atoms with Crippen molar-refractivity contribution >= 4 is 5.69 Å². The molecule has 0 radical (unpaired) electrons. The fraction of sp³-hybridized carbons (Fsp3) is 0.625. The monoisotopic (exact) mass is 246 g/mol. The number of aryl methyl sites for hydroxylation is 1. The Labute approximate surface area is 111 Å². The van der Waals surface area contributed by atoms with E-state index in [1.807, 2.05) is 7.05 Å². The fourth-order valence-corrected chi connectivity index (χ4v) is 2.89. The van der Waals surface area contributed by atoms with Gasteiger partial charge in [0.15, 0.2) is 0 Å². The van der Waals surface area contributed by atoms with Gasteiger partial charge in [-0.05, 0) is 56.0 Å². The number of hydrogen-bond acceptors (Lipinski definition) is 2. The first-order chi connectivity index (χ1) is 8.72. The van der Waals surface area contributed by atoms with Crippen LogP contribution in [0.5, 0.6) is 0 Å². The van der Waals surface area contributed by atoms with Gasteiger partial charge in [-0.1, -0.05) is 26.0 Å². The summed E-state index contributed by atoms with van der Waals surface area (Å²) in [7, 11) is 2.03. The second kappa shape index (κ2) is 6.24. The van der Waals surface area contributed by atoms with E-state index in [0.717, 1.165) is 12.5 Å². The lowest BCUT2D eigenvalue weighted by molar-refractivity contribution is 0.622. The van der Waals surface area contributed by atoms with E-state index in [4.69, 9.17) is 0 Å². The first kappa shape index (κ1) is 13.4. The SMILES string of the molecule is CNCCCc1cccc2c1CCN2CC(C)C. The zero-order valence-electron chi connectivity index (χ0n) is 12.0. The van der Waals surface area contributed by atoms with E-state index in [2.05, 4.69) is 42.3 Å². The normalized spacial score (nSPS) is 14.3. The fourth-order valence-electron chi connectivity index (χ4n) is 2.89. The molecule has 18 heavy (non-hydrogen) atoms. The molecule has 0 aliphatic carbocycles. The van der Waals surface area contributed by atoms with Gasteiger partial charge in [-0.2, -0.15) is 0 Å². The minimum Gasteiger partial charge on any atom is -0.371 e. The molecule has 0 saturated carbocycles. The van der Waals surface area contributed by atoms with Crippen molar-refractivity contribution < 1.29 is 0 Å². The quantitative estimate of drug-likeness (QED) is 0.777. The molecule has 100 valence electrons. The van der Waals surface area contributed by atoms with Crippen LogP contribution in [0.4, 0.5) is 5.69 Å². The summed E-state index contributed by atoms with van der Waals surface area (Å²) >= 11 is 0. The summed E-state index contributed by atoms with van der Waals surface area (Å²) < 4.78 is 0. The second-order valence-corrected chi connectivity index (χ2v) is 5.71. The minimum absolute atomic E-state index is 0.740. The molecule has 0 fully saturated rings. The molecule has 1 aromatic carbocycles. The van der Waals surface area contributed by atoms with Gasteiger partial charge in [0.25, 0.3) is 0 Å². The standard InChI is InChI=1S/C16H26N2/c1-13(2)12-18-11-9-15-14(7-5-10-17-3)6-4-8-16(15)18/h4,6,8,13,17H,5,7,9-12H2,1-3H3. The van der Waals surface area contributed by atoms with Crippen LogP contribution in [-0.2, 0) is 12.8 Å². The van der Waals surface area contributed by atoms with Crippen LogP contribution in [0.15, 0.2) is 18.2 Å². The van der Waals surface area contributed by atoms with Crippen LogP contribution < -0.4 is 10.2 Å². The van der Waals surface area contributed by atoms with E-state index in [1.54, 1.807) is 11.1 Å². The molecule has 1 aliphatic rings. The molecule has 0 bridgehead atoms. The molecule has 0 spiro atoms. The van der Waals surface area contributed by atoms with Crippen molar-refractivity contribution in [1.82, 2.24) is 5.32 Å². The zero-order valence-corrected chi connectivity index (χ0v) is 12.0. The Balaban J connectivity index is 2.09. The third-order valence-electron chi connectivity index (χ3n) is 3.68. The number of rotatable bonds is 6. The number of hydrogen-bond donors (Lipinski definition) is 1. The summed E-state index contributed by atoms with van der Waals surface area (Å²) in [6.45, 7) is 8.10. The number of nitrogens with zero attached hydrogens (tertiary/aromatic N) is 1. The van der Waals surface area contributed by atoms with Crippen LogP contribution in [0.1, 0.15) is 31.4 Å². The predicted molar refractivity (Wildman–Crippen MR) is 79.4 cm³/mol. The average Bonchev–Trinajstić information content (AvgIpc) is 2.73. The Bertz CT molecular complexity index is 385. The molecule has 0 aromatic heterocycles. The van der Waals surface area contributed by atoms with Gasteiger partial charge in [0.2, 0.25) is 0 Å². The summed E-state index contributed by atoms with van der Waals surface area (Å²) in [5.41, 5.74) is 4.66. The van der Waals surface area contributed by atoms with Gasteiger partial charge >= 0.3 is 0 Å². The number of anilines is 1. The molecular weight excluding hydrogens is 220 g/mol. The smallest absolute Gasteiger partial charge is 0.0402 e. The lowest BCUT2D eigenvalue weighted by atomic mass is 10.0. The van der Waals surface area contributed by atoms with E-state index in [1.165, 1.54) is 38.0 Å². The Kier molecular flexibility index (Phi) is 4.65. The molecule has 1 N–H and O–H groups in total. The Morgan fingerprint density at radius 2 is 2.17 bits per heavy atom. The van der Waals surface area contributed by atoms with Crippen LogP contribution in [0.2, 0.25) is 0 Å². The van der Waals surface area contributed by atoms with E-state index in [0.29, 0.717) is 0 Å². The van der Waals surface area contributed by atoms with Crippen LogP contribution in [0.25, 0.3) is 0 Å². The van der Waals surface area contributed by atoms with Gasteiger partial charge in [0.1, 0.15) is 0 Å². The summed E-state index contributed by atoms with van der Waals surface area (Å²) in [6.07, 6.45) is 3.68. The zero-order chi connectivity index (χ0) is 13.0. The number of fused-ring (bicyclic) bond motifs is 1. The lowest BCUT2D eigenvalue weighted by Crippen LogP contribution is -2.25. The highest BCUT2D eigenvalue weighted by molar-refractivity contribution is 5.61. The van der Waals surface area contributed by atoms with Crippen LogP contribution in [-0.4, -0.2) is 26.7 Å². The van der Waals surface area contributed by atoms with Gasteiger partial charge in [-0.25, -0.2) is 0 Å². The van der Waals surface area contributed by atoms with E-state index < -0.39 is 0 Å². The van der Waals surface area contributed by atoms with Crippen LogP contribution in [0, 0.1) is 5.92 Å². The number of nitrogens with one attached hydrogen (secondary N) is 1. The molecule has 2 nitrogen and oxygen atoms in total. The van der Waals surface area contributed by atoms with E-state index >= 15 is 0 Å². The average molecular weight is 246 g/mol. The van der Waals surface area contributed by atoms with Gasteiger partial charge in [0.05, 0.1) is 0 Å². The maximum Gasteiger partial charge on any atom is 0.0402 e. The van der Waals surface area contributed by atoms with Crippen molar-refractivity contribution in [1.29, 1.82) is 0 Å². The van der Waals surface area contributed by atoms with Crippen molar-refractivity contribution in [2.75, 3.05) is 31.6 Å². The molecule has 2 rings (SSSR count). The first-order valence-corrected chi connectivity index (χ1v) is 7.22. The summed E-state index contributed by atoms with van der Waals surface area (Å²) in [5.74, 6) is 0.740. The Morgan fingerprint density at radius 3 is 2.89 bits per heavy atom. The molecule has 0 saturated heterocycles. The van der Waals surface area contributed by atoms with Crippen LogP contribution in [0.3, 0.4) is 0 Å². The highest BCUT2D eigenvalue weighted by atomic mass is 15.1. The maximum atomic E-state index is 3.23. The molecule has 1 aliphatic heterocycles. The highest BCUT2D eigenvalue weighted by Crippen LogP contribution is 2.31. The summed E-state index contributed by atoms with van der Waals surface area (Å²) in [6, 6.07) is 6.84. The molecular formula is C16H26N2. The van der Waals surface area contributed by atoms with E-state index in [9.17, 15) is 0 Å². The third kappa shape index (κ3) is 3.05. The Hall–Kier alpha value is -1.02. The molecule has 0 unspecified atom stereocenters. The van der Waals surface area contributed by atoms with Crippen molar-refractivity contribution in [3.63, 3.8) is 0 Å². The minimum atomic E-state index is 0.740. The Morgan fingerprint density at radius 1 is 1.33 bits per heavy atom. The summed E-state index contributed by atoms with van der Waals surface area (Å²) in [4.78, 5) is 2.56. The molecule has 0 atom stereocenters. The van der Waals surface area contributed by atoms with Gasteiger partial charge in [-0.15, -0.1) is 0 Å². The molecule has 0 amide bonds. The maximum absolute atomic E-state index is 3.23. The van der Waals surface area contributed by atoms with Crippen molar-refractivity contribution in [2.45, 2.75) is 33.1 Å². The van der Waals surface area contributed by atoms with E-state index in [-0.39, 0.29) is 0 Å². The second-order valence-electron chi connectivity index (χ2n) is 5.71. The largest absolute Gasteiger partial charge is 0.371 e. The third-order valence-corrected chi connectivity index (χ3v) is 3.68. The lowest BCUT2D eigenvalue weighted by Gasteiger charge is -2.22. The van der Waals surface area contributed by atoms with Gasteiger partial charge in [0, 0.05) is 18.8 Å².